The molecule has 0 saturated carbocycles. The van der Waals surface area contributed by atoms with Crippen LogP contribution in [0.5, 0.6) is 0 Å². The second-order valence-corrected chi connectivity index (χ2v) is 2.90. The molecule has 0 aliphatic heterocycles. The molecule has 76 valence electrons. The first-order chi connectivity index (χ1) is 7.09. The van der Waals surface area contributed by atoms with Crippen LogP contribution in [-0.4, -0.2) is 32.1 Å². The molecule has 0 aliphatic carbocycles. The summed E-state index contributed by atoms with van der Waals surface area (Å²) in [6.45, 7) is 0. The Hall–Kier alpha value is -2.37. The number of benzene rings is 1. The van der Waals surface area contributed by atoms with Crippen molar-refractivity contribution in [2.24, 2.45) is 0 Å². The Bertz CT molecular complexity index is 558. The highest BCUT2D eigenvalue weighted by molar-refractivity contribution is 6.02. The van der Waals surface area contributed by atoms with E-state index in [9.17, 15) is 9.59 Å². The molecule has 0 atom stereocenters. The normalized spacial score (nSPS) is 10.4. The molecule has 0 bridgehead atoms. The summed E-state index contributed by atoms with van der Waals surface area (Å²) in [6.07, 6.45) is 0. The van der Waals surface area contributed by atoms with Gasteiger partial charge < -0.3 is 15.2 Å². The lowest BCUT2D eigenvalue weighted by molar-refractivity contribution is 0.0677. The van der Waals surface area contributed by atoms with Gasteiger partial charge in [-0.25, -0.2) is 14.6 Å². The molecule has 0 spiro atoms. The summed E-state index contributed by atoms with van der Waals surface area (Å²) in [5, 5.41) is 17.5. The van der Waals surface area contributed by atoms with Gasteiger partial charge in [0.2, 0.25) is 5.82 Å². The van der Waals surface area contributed by atoms with E-state index in [2.05, 4.69) is 9.97 Å². The number of carbonyl (C=O) groups is 2. The van der Waals surface area contributed by atoms with Gasteiger partial charge in [0.15, 0.2) is 0 Å². The number of hydrogen-bond acceptors (Lipinski definition) is 3. The van der Waals surface area contributed by atoms with Crippen LogP contribution < -0.4 is 0 Å². The summed E-state index contributed by atoms with van der Waals surface area (Å²) >= 11 is 0. The van der Waals surface area contributed by atoms with Crippen LogP contribution in [-0.2, 0) is 0 Å². The van der Waals surface area contributed by atoms with E-state index < -0.39 is 11.9 Å². The maximum absolute atomic E-state index is 10.8. The van der Waals surface area contributed by atoms with Crippen molar-refractivity contribution >= 4 is 23.0 Å². The average Bonchev–Trinajstić information content (AvgIpc) is 2.60. The van der Waals surface area contributed by atoms with Crippen LogP contribution in [0.2, 0.25) is 0 Å². The van der Waals surface area contributed by atoms with Crippen LogP contribution in [0.15, 0.2) is 18.2 Å². The van der Waals surface area contributed by atoms with Gasteiger partial charge in [-0.2, -0.15) is 0 Å². The number of H-pyrrole nitrogens is 1. The zero-order valence-electron chi connectivity index (χ0n) is 7.39. The third-order valence-electron chi connectivity index (χ3n) is 1.95. The topological polar surface area (TPSA) is 103 Å². The number of rotatable bonds is 2. The summed E-state index contributed by atoms with van der Waals surface area (Å²) < 4.78 is 0. The zero-order valence-corrected chi connectivity index (χ0v) is 7.39. The predicted octanol–water partition coefficient (Wildman–Crippen LogP) is 0.959. The lowest BCUT2D eigenvalue weighted by Gasteiger charge is -1.93. The van der Waals surface area contributed by atoms with Crippen molar-refractivity contribution in [2.45, 2.75) is 0 Å². The molecule has 3 N–H and O–H groups in total. The van der Waals surface area contributed by atoms with Gasteiger partial charge in [0, 0.05) is 0 Å². The number of aromatic carboxylic acids is 2. The molecule has 0 unspecified atom stereocenters. The quantitative estimate of drug-likeness (QED) is 0.678. The minimum Gasteiger partial charge on any atom is -0.478 e. The molecule has 1 aromatic heterocycles. The number of nitrogens with zero attached hydrogens (tertiary/aromatic N) is 1. The molecule has 15 heavy (non-hydrogen) atoms. The van der Waals surface area contributed by atoms with Crippen molar-refractivity contribution in [3.05, 3.63) is 29.6 Å². The van der Waals surface area contributed by atoms with Gasteiger partial charge in [-0.15, -0.1) is 0 Å². The number of carboxylic acids is 2. The molecule has 6 heteroatoms. The van der Waals surface area contributed by atoms with E-state index in [-0.39, 0.29) is 16.9 Å². The Morgan fingerprint density at radius 1 is 1.20 bits per heavy atom. The first kappa shape index (κ1) is 9.20. The molecule has 0 fully saturated rings. The van der Waals surface area contributed by atoms with E-state index in [1.54, 1.807) is 6.07 Å². The van der Waals surface area contributed by atoms with E-state index in [0.29, 0.717) is 5.52 Å². The van der Waals surface area contributed by atoms with Crippen molar-refractivity contribution in [1.82, 2.24) is 9.97 Å². The SMILES string of the molecule is O=C(O)c1nc2c(C(=O)O)cccc2[nH]1. The number of imidazole rings is 1. The minimum absolute atomic E-state index is 0.0174. The highest BCUT2D eigenvalue weighted by atomic mass is 16.4. The second-order valence-electron chi connectivity index (χ2n) is 2.90. The number of nitrogens with one attached hydrogen (secondary N) is 1. The Labute approximate surface area is 83.2 Å². The molecule has 1 aromatic carbocycles. The van der Waals surface area contributed by atoms with E-state index in [4.69, 9.17) is 10.2 Å². The fourth-order valence-corrected chi connectivity index (χ4v) is 1.31. The van der Waals surface area contributed by atoms with Gasteiger partial charge >= 0.3 is 11.9 Å². The van der Waals surface area contributed by atoms with Crippen LogP contribution in [0.3, 0.4) is 0 Å². The van der Waals surface area contributed by atoms with E-state index in [1.807, 2.05) is 0 Å². The third kappa shape index (κ3) is 1.41. The Balaban J connectivity index is 2.75. The van der Waals surface area contributed by atoms with Crippen LogP contribution in [0, 0.1) is 0 Å². The average molecular weight is 206 g/mol. The van der Waals surface area contributed by atoms with Gasteiger partial charge in [0.05, 0.1) is 11.1 Å². The molecule has 2 rings (SSSR count). The summed E-state index contributed by atoms with van der Waals surface area (Å²) in [6, 6.07) is 4.47. The number of aromatic amines is 1. The van der Waals surface area contributed by atoms with Crippen LogP contribution in [0.1, 0.15) is 21.0 Å². The molecule has 6 nitrogen and oxygen atoms in total. The number of carboxylic acid groups (broad SMARTS) is 2. The van der Waals surface area contributed by atoms with Crippen LogP contribution in [0.25, 0.3) is 11.0 Å². The molecule has 0 amide bonds. The lowest BCUT2D eigenvalue weighted by atomic mass is 10.2. The lowest BCUT2D eigenvalue weighted by Crippen LogP contribution is -1.99. The van der Waals surface area contributed by atoms with Gasteiger partial charge in [0.1, 0.15) is 5.52 Å². The highest BCUT2D eigenvalue weighted by Gasteiger charge is 2.15. The molecule has 2 aromatic rings. The minimum atomic E-state index is -1.22. The Morgan fingerprint density at radius 2 is 1.93 bits per heavy atom. The number of hydrogen-bond donors (Lipinski definition) is 3. The summed E-state index contributed by atoms with van der Waals surface area (Å²) in [7, 11) is 0. The maximum Gasteiger partial charge on any atom is 0.371 e. The summed E-state index contributed by atoms with van der Waals surface area (Å²) in [4.78, 5) is 27.6. The Kier molecular flexibility index (Phi) is 1.89. The molecule has 0 saturated heterocycles. The molecular weight excluding hydrogens is 200 g/mol. The van der Waals surface area contributed by atoms with Gasteiger partial charge in [-0.1, -0.05) is 6.07 Å². The van der Waals surface area contributed by atoms with E-state index >= 15 is 0 Å². The largest absolute Gasteiger partial charge is 0.478 e. The first-order valence-corrected chi connectivity index (χ1v) is 4.05. The zero-order chi connectivity index (χ0) is 11.0. The molecular formula is C9H6N2O4. The fourth-order valence-electron chi connectivity index (χ4n) is 1.31. The van der Waals surface area contributed by atoms with Crippen LogP contribution in [0.4, 0.5) is 0 Å². The van der Waals surface area contributed by atoms with Crippen molar-refractivity contribution in [2.75, 3.05) is 0 Å². The van der Waals surface area contributed by atoms with Gasteiger partial charge in [-0.05, 0) is 12.1 Å². The summed E-state index contributed by atoms with van der Waals surface area (Å²) in [5.41, 5.74) is 0.533. The smallest absolute Gasteiger partial charge is 0.371 e. The van der Waals surface area contributed by atoms with E-state index in [0.717, 1.165) is 0 Å². The van der Waals surface area contributed by atoms with E-state index in [1.165, 1.54) is 12.1 Å². The second kappa shape index (κ2) is 3.09. The predicted molar refractivity (Wildman–Crippen MR) is 50.0 cm³/mol. The monoisotopic (exact) mass is 206 g/mol. The van der Waals surface area contributed by atoms with Crippen molar-refractivity contribution in [3.63, 3.8) is 0 Å². The number of fused-ring (bicyclic) bond motifs is 1. The van der Waals surface area contributed by atoms with Crippen LogP contribution >= 0.6 is 0 Å². The Morgan fingerprint density at radius 3 is 2.53 bits per heavy atom. The number of aromatic nitrogens is 2. The van der Waals surface area contributed by atoms with Crippen molar-refractivity contribution < 1.29 is 19.8 Å². The maximum atomic E-state index is 10.8. The molecule has 0 aliphatic rings. The molecule has 1 heterocycles. The standard InChI is InChI=1S/C9H6N2O4/c12-8(13)4-2-1-3-5-6(4)11-7(10-5)9(14)15/h1-3H,(H,10,11)(H,12,13)(H,14,15). The first-order valence-electron chi connectivity index (χ1n) is 4.05. The van der Waals surface area contributed by atoms with Gasteiger partial charge in [-0.3, -0.25) is 0 Å². The highest BCUT2D eigenvalue weighted by Crippen LogP contribution is 2.16. The van der Waals surface area contributed by atoms with Crippen molar-refractivity contribution in [1.29, 1.82) is 0 Å². The third-order valence-corrected chi connectivity index (χ3v) is 1.95. The summed E-state index contributed by atoms with van der Waals surface area (Å²) in [5.74, 6) is -2.62. The fraction of sp³-hybridized carbons (Fsp3) is 0. The number of para-hydroxylation sites is 1. The van der Waals surface area contributed by atoms with Crippen molar-refractivity contribution in [3.8, 4) is 0 Å². The molecule has 0 radical (unpaired) electrons. The van der Waals surface area contributed by atoms with Gasteiger partial charge in [0.25, 0.3) is 0 Å².